The number of hydrogen-bond donors (Lipinski definition) is 2. The highest BCUT2D eigenvalue weighted by Crippen LogP contribution is 2.45. The van der Waals surface area contributed by atoms with Crippen LogP contribution in [0, 0.1) is 11.3 Å². The monoisotopic (exact) mass is 484 g/mol. The molecule has 1 amide bonds. The molecule has 1 atom stereocenters. The first-order valence-electron chi connectivity index (χ1n) is 10.9. The summed E-state index contributed by atoms with van der Waals surface area (Å²) in [5, 5.41) is 26.4. The Morgan fingerprint density at radius 3 is 2.81 bits per heavy atom. The van der Waals surface area contributed by atoms with Crippen molar-refractivity contribution in [1.29, 1.82) is 5.26 Å². The van der Waals surface area contributed by atoms with E-state index >= 15 is 0 Å². The van der Waals surface area contributed by atoms with Gasteiger partial charge in [-0.1, -0.05) is 29.4 Å². The summed E-state index contributed by atoms with van der Waals surface area (Å²) >= 11 is 0. The molecule has 4 aromatic rings. The molecule has 0 saturated heterocycles. The Labute approximate surface area is 204 Å². The van der Waals surface area contributed by atoms with Gasteiger partial charge in [0, 0.05) is 12.6 Å². The lowest BCUT2D eigenvalue weighted by atomic mass is 10.0. The fraction of sp³-hybridized carbons (Fsp3) is 0.160. The first-order chi connectivity index (χ1) is 17.4. The van der Waals surface area contributed by atoms with Gasteiger partial charge in [-0.2, -0.15) is 5.26 Å². The van der Waals surface area contributed by atoms with Crippen LogP contribution in [0.3, 0.4) is 0 Å². The zero-order valence-corrected chi connectivity index (χ0v) is 19.3. The molecule has 2 N–H and O–H groups in total. The largest absolute Gasteiger partial charge is 0.501 e. The number of benzene rings is 2. The normalized spacial score (nSPS) is 13.0. The molecule has 0 fully saturated rings. The molecule has 1 unspecified atom stereocenters. The Balaban J connectivity index is 1.69. The van der Waals surface area contributed by atoms with E-state index in [1.807, 2.05) is 35.2 Å². The third-order valence-corrected chi connectivity index (χ3v) is 5.96. The van der Waals surface area contributed by atoms with Crippen LogP contribution in [0.5, 0.6) is 11.5 Å². The lowest BCUT2D eigenvalue weighted by molar-refractivity contribution is 0.101. The third-order valence-electron chi connectivity index (χ3n) is 5.96. The second-order valence-electron chi connectivity index (χ2n) is 8.13. The Morgan fingerprint density at radius 1 is 1.25 bits per heavy atom. The number of aromatic nitrogens is 3. The number of nitrogens with zero attached hydrogens (tertiary/aromatic N) is 5. The van der Waals surface area contributed by atoms with Crippen LogP contribution in [0.1, 0.15) is 40.4 Å². The molecule has 1 aliphatic rings. The molecule has 0 spiro atoms. The van der Waals surface area contributed by atoms with Crippen molar-refractivity contribution in [2.75, 3.05) is 10.2 Å². The van der Waals surface area contributed by atoms with Crippen LogP contribution >= 0.6 is 0 Å². The van der Waals surface area contributed by atoms with E-state index in [2.05, 4.69) is 21.5 Å². The highest BCUT2D eigenvalue weighted by atomic mass is 16.5. The number of fused-ring (bicyclic) bond motifs is 2. The number of amides is 1. The van der Waals surface area contributed by atoms with E-state index in [0.29, 0.717) is 22.7 Å². The van der Waals surface area contributed by atoms with Crippen molar-refractivity contribution in [3.63, 3.8) is 0 Å². The molecular formula is C25H20N6O5. The standard InChI is InChI=1S/C25H20N6O5/c1-14(23-29-20(22(32)25(34)30(23)2)24(33)28-17-11-27-36-13-17)31-18-8-3-4-9-19(18)35-12-16-7-5-6-15(10-26)21(16)31/h3-9,11,13-14,32H,12H2,1-2H3,(H,28,33). The topological polar surface area (TPSA) is 147 Å². The summed E-state index contributed by atoms with van der Waals surface area (Å²) in [6.45, 7) is 2.03. The number of carbonyl (C=O) groups is 1. The second-order valence-corrected chi connectivity index (χ2v) is 8.13. The summed E-state index contributed by atoms with van der Waals surface area (Å²) in [7, 11) is 1.46. The Kier molecular flexibility index (Phi) is 5.62. The highest BCUT2D eigenvalue weighted by Gasteiger charge is 2.32. The van der Waals surface area contributed by atoms with Crippen LogP contribution in [-0.4, -0.2) is 25.7 Å². The van der Waals surface area contributed by atoms with Crippen molar-refractivity contribution in [3.8, 4) is 17.6 Å². The number of hydrogen-bond acceptors (Lipinski definition) is 9. The van der Waals surface area contributed by atoms with Gasteiger partial charge in [0.2, 0.25) is 5.75 Å². The summed E-state index contributed by atoms with van der Waals surface area (Å²) in [5.74, 6) is -0.831. The van der Waals surface area contributed by atoms with E-state index in [0.717, 1.165) is 5.56 Å². The molecule has 2 aromatic carbocycles. The summed E-state index contributed by atoms with van der Waals surface area (Å²) in [4.78, 5) is 32.1. The van der Waals surface area contributed by atoms with Gasteiger partial charge in [-0.15, -0.1) is 0 Å². The van der Waals surface area contributed by atoms with Crippen LogP contribution in [-0.2, 0) is 13.7 Å². The molecule has 11 nitrogen and oxygen atoms in total. The van der Waals surface area contributed by atoms with Crippen LogP contribution < -0.4 is 20.5 Å². The molecule has 0 bridgehead atoms. The van der Waals surface area contributed by atoms with Gasteiger partial charge in [0.15, 0.2) is 5.69 Å². The maximum Gasteiger partial charge on any atom is 0.296 e. The summed E-state index contributed by atoms with van der Waals surface area (Å²) in [6.07, 6.45) is 2.47. The quantitative estimate of drug-likeness (QED) is 0.445. The summed E-state index contributed by atoms with van der Waals surface area (Å²) in [6, 6.07) is 14.2. The predicted molar refractivity (Wildman–Crippen MR) is 128 cm³/mol. The molecular weight excluding hydrogens is 464 g/mol. The van der Waals surface area contributed by atoms with Crippen molar-refractivity contribution < 1.29 is 19.2 Å². The third kappa shape index (κ3) is 3.70. The number of nitriles is 1. The lowest BCUT2D eigenvalue weighted by Gasteiger charge is -2.33. The van der Waals surface area contributed by atoms with E-state index in [1.54, 1.807) is 19.1 Å². The van der Waals surface area contributed by atoms with Crippen LogP contribution in [0.15, 0.2) is 64.2 Å². The molecule has 0 aliphatic carbocycles. The maximum atomic E-state index is 13.0. The highest BCUT2D eigenvalue weighted by molar-refractivity contribution is 6.04. The maximum absolute atomic E-state index is 13.0. The molecule has 2 aromatic heterocycles. The molecule has 1 aliphatic heterocycles. The SMILES string of the molecule is CC(c1nc(C(=O)Nc2cnoc2)c(O)c(=O)n1C)N1c2ccccc2OCc2cccc(C#N)c21. The van der Waals surface area contributed by atoms with Gasteiger partial charge in [-0.05, 0) is 25.1 Å². The minimum atomic E-state index is -0.806. The van der Waals surface area contributed by atoms with Crippen molar-refractivity contribution >= 4 is 23.0 Å². The molecule has 36 heavy (non-hydrogen) atoms. The Hall–Kier alpha value is -5.11. The van der Waals surface area contributed by atoms with Crippen molar-refractivity contribution in [2.24, 2.45) is 7.05 Å². The van der Waals surface area contributed by atoms with Crippen LogP contribution in [0.2, 0.25) is 0 Å². The second kappa shape index (κ2) is 8.92. The van der Waals surface area contributed by atoms with Gasteiger partial charge >= 0.3 is 0 Å². The summed E-state index contributed by atoms with van der Waals surface area (Å²) < 4.78 is 11.9. The molecule has 0 radical (unpaired) electrons. The number of aromatic hydroxyl groups is 1. The van der Waals surface area contributed by atoms with Crippen molar-refractivity contribution in [2.45, 2.75) is 19.6 Å². The van der Waals surface area contributed by atoms with E-state index in [9.17, 15) is 20.0 Å². The molecule has 3 heterocycles. The predicted octanol–water partition coefficient (Wildman–Crippen LogP) is 3.39. The Morgan fingerprint density at radius 2 is 2.06 bits per heavy atom. The van der Waals surface area contributed by atoms with Crippen molar-refractivity contribution in [3.05, 3.63) is 87.9 Å². The number of nitrogens with one attached hydrogen (secondary N) is 1. The molecule has 180 valence electrons. The van der Waals surface area contributed by atoms with Gasteiger partial charge in [0.1, 0.15) is 36.2 Å². The Bertz CT molecular complexity index is 1570. The van der Waals surface area contributed by atoms with E-state index in [1.165, 1.54) is 24.1 Å². The van der Waals surface area contributed by atoms with E-state index in [4.69, 9.17) is 9.26 Å². The minimum Gasteiger partial charge on any atom is -0.501 e. The molecule has 11 heteroatoms. The van der Waals surface area contributed by atoms with Gasteiger partial charge in [0.25, 0.3) is 11.5 Å². The average Bonchev–Trinajstić information content (AvgIpc) is 3.33. The van der Waals surface area contributed by atoms with Crippen molar-refractivity contribution in [1.82, 2.24) is 14.7 Å². The van der Waals surface area contributed by atoms with Crippen LogP contribution in [0.25, 0.3) is 0 Å². The zero-order chi connectivity index (χ0) is 25.4. The lowest BCUT2D eigenvalue weighted by Crippen LogP contribution is -2.33. The number of ether oxygens (including phenoxy) is 1. The smallest absolute Gasteiger partial charge is 0.296 e. The minimum absolute atomic E-state index is 0.184. The van der Waals surface area contributed by atoms with Gasteiger partial charge in [-0.3, -0.25) is 14.2 Å². The average molecular weight is 484 g/mol. The first-order valence-corrected chi connectivity index (χ1v) is 10.9. The number of carbonyl (C=O) groups excluding carboxylic acids is 1. The molecule has 0 saturated carbocycles. The summed E-state index contributed by atoms with van der Waals surface area (Å²) in [5.41, 5.74) is 1.44. The fourth-order valence-electron chi connectivity index (χ4n) is 4.25. The fourth-order valence-corrected chi connectivity index (χ4v) is 4.25. The number of anilines is 3. The van der Waals surface area contributed by atoms with E-state index < -0.39 is 29.0 Å². The van der Waals surface area contributed by atoms with E-state index in [-0.39, 0.29) is 18.1 Å². The van der Waals surface area contributed by atoms with Gasteiger partial charge < -0.3 is 24.6 Å². The number of rotatable bonds is 4. The van der Waals surface area contributed by atoms with Crippen LogP contribution in [0.4, 0.5) is 17.1 Å². The number of para-hydroxylation sites is 3. The molecule has 5 rings (SSSR count). The zero-order valence-electron chi connectivity index (χ0n) is 19.3. The first kappa shape index (κ1) is 22.7. The van der Waals surface area contributed by atoms with Gasteiger partial charge in [0.05, 0.1) is 29.2 Å². The van der Waals surface area contributed by atoms with Gasteiger partial charge in [-0.25, -0.2) is 4.98 Å².